The first-order valence-corrected chi connectivity index (χ1v) is 9.17. The molecule has 0 saturated heterocycles. The van der Waals surface area contributed by atoms with E-state index in [0.29, 0.717) is 0 Å². The Labute approximate surface area is 128 Å². The minimum atomic E-state index is -3.32. The average molecular weight is 323 g/mol. The Bertz CT molecular complexity index is 351. The van der Waals surface area contributed by atoms with Gasteiger partial charge in [0.15, 0.2) is 0 Å². The van der Waals surface area contributed by atoms with Crippen molar-refractivity contribution in [3.05, 3.63) is 0 Å². The summed E-state index contributed by atoms with van der Waals surface area (Å²) in [6.45, 7) is 11.7. The summed E-state index contributed by atoms with van der Waals surface area (Å²) in [5, 5.41) is 0. The number of carbonyl (C=O) groups is 1. The van der Waals surface area contributed by atoms with Gasteiger partial charge in [-0.1, -0.05) is 20.8 Å². The van der Waals surface area contributed by atoms with Gasteiger partial charge in [0, 0.05) is 5.92 Å². The summed E-state index contributed by atoms with van der Waals surface area (Å²) >= 11 is 0. The molecular weight excluding hydrogens is 293 g/mol. The van der Waals surface area contributed by atoms with E-state index in [1.807, 2.05) is 13.8 Å². The maximum Gasteiger partial charge on any atom is 0.333 e. The van der Waals surface area contributed by atoms with Gasteiger partial charge in [-0.25, -0.2) is 0 Å². The van der Waals surface area contributed by atoms with E-state index >= 15 is 0 Å². The van der Waals surface area contributed by atoms with Crippen LogP contribution in [0.4, 0.5) is 0 Å². The molecule has 0 aromatic carbocycles. The van der Waals surface area contributed by atoms with E-state index in [-0.39, 0.29) is 31.7 Å². The highest BCUT2D eigenvalue weighted by molar-refractivity contribution is 7.54. The molecule has 0 radical (unpaired) electrons. The Morgan fingerprint density at radius 1 is 1.05 bits per heavy atom. The molecule has 0 bridgehead atoms. The summed E-state index contributed by atoms with van der Waals surface area (Å²) in [5.41, 5.74) is 5.54. The van der Waals surface area contributed by atoms with E-state index in [0.717, 1.165) is 0 Å². The average Bonchev–Trinajstić information content (AvgIpc) is 2.39. The van der Waals surface area contributed by atoms with Gasteiger partial charge in [0.05, 0.1) is 25.5 Å². The normalized spacial score (nSPS) is 16.6. The minimum absolute atomic E-state index is 0.0358. The van der Waals surface area contributed by atoms with Crippen molar-refractivity contribution in [1.82, 2.24) is 0 Å². The second-order valence-electron chi connectivity index (χ2n) is 5.22. The number of rotatable bonds is 10. The highest BCUT2D eigenvalue weighted by Gasteiger charge is 2.43. The molecule has 0 heterocycles. The van der Waals surface area contributed by atoms with Gasteiger partial charge in [-0.3, -0.25) is 9.36 Å². The number of nitrogens with two attached hydrogens (primary N) is 1. The van der Waals surface area contributed by atoms with E-state index in [1.54, 1.807) is 27.7 Å². The zero-order chi connectivity index (χ0) is 16.6. The second kappa shape index (κ2) is 9.57. The third-order valence-corrected chi connectivity index (χ3v) is 6.00. The molecule has 126 valence electrons. The van der Waals surface area contributed by atoms with E-state index in [4.69, 9.17) is 19.5 Å². The van der Waals surface area contributed by atoms with Crippen LogP contribution in [-0.2, 0) is 23.1 Å². The molecule has 0 rings (SSSR count). The number of hydrogen-bond acceptors (Lipinski definition) is 6. The zero-order valence-electron chi connectivity index (χ0n) is 14.0. The second-order valence-corrected chi connectivity index (χ2v) is 7.63. The van der Waals surface area contributed by atoms with Gasteiger partial charge in [0.2, 0.25) is 0 Å². The van der Waals surface area contributed by atoms with Crippen LogP contribution in [0.25, 0.3) is 0 Å². The monoisotopic (exact) mass is 323 g/mol. The molecule has 0 spiro atoms. The zero-order valence-corrected chi connectivity index (χ0v) is 14.9. The lowest BCUT2D eigenvalue weighted by Gasteiger charge is -2.34. The van der Waals surface area contributed by atoms with Gasteiger partial charge in [-0.2, -0.15) is 0 Å². The van der Waals surface area contributed by atoms with Crippen molar-refractivity contribution in [3.63, 3.8) is 0 Å². The van der Waals surface area contributed by atoms with Gasteiger partial charge in [0.1, 0.15) is 6.04 Å². The van der Waals surface area contributed by atoms with Gasteiger partial charge < -0.3 is 19.5 Å². The Kier molecular flexibility index (Phi) is 9.38. The quantitative estimate of drug-likeness (QED) is 0.491. The molecule has 0 saturated carbocycles. The summed E-state index contributed by atoms with van der Waals surface area (Å²) in [7, 11) is -3.32. The molecule has 0 aliphatic rings. The smallest absolute Gasteiger partial charge is 0.333 e. The van der Waals surface area contributed by atoms with Crippen LogP contribution in [0.2, 0.25) is 0 Å². The standard InChI is InChI=1S/C14H30NO5P/c1-7-18-14(16)13(15)12(10(4)5)11(6)21(17,19-8-2)20-9-3/h10-13H,7-9,15H2,1-6H3/t11-,12+,13+/m1/s1. The summed E-state index contributed by atoms with van der Waals surface area (Å²) in [6, 6.07) is -0.853. The van der Waals surface area contributed by atoms with Gasteiger partial charge in [-0.05, 0) is 26.7 Å². The highest BCUT2D eigenvalue weighted by atomic mass is 31.2. The molecule has 21 heavy (non-hydrogen) atoms. The van der Waals surface area contributed by atoms with E-state index < -0.39 is 25.3 Å². The summed E-state index contributed by atoms with van der Waals surface area (Å²) in [6.07, 6.45) is 0. The summed E-state index contributed by atoms with van der Waals surface area (Å²) in [4.78, 5) is 11.9. The predicted molar refractivity (Wildman–Crippen MR) is 83.3 cm³/mol. The lowest BCUT2D eigenvalue weighted by atomic mass is 9.86. The molecule has 0 amide bonds. The fraction of sp³-hybridized carbons (Fsp3) is 0.929. The first kappa shape index (κ1) is 20.6. The predicted octanol–water partition coefficient (Wildman–Crippen LogP) is 2.80. The van der Waals surface area contributed by atoms with Crippen molar-refractivity contribution in [2.45, 2.75) is 53.2 Å². The Morgan fingerprint density at radius 2 is 1.52 bits per heavy atom. The maximum absolute atomic E-state index is 12.9. The van der Waals surface area contributed by atoms with Gasteiger partial charge in [-0.15, -0.1) is 0 Å². The summed E-state index contributed by atoms with van der Waals surface area (Å²) < 4.78 is 28.6. The molecular formula is C14H30NO5P. The van der Waals surface area contributed by atoms with Gasteiger partial charge in [0.25, 0.3) is 0 Å². The molecule has 3 atom stereocenters. The molecule has 7 heteroatoms. The van der Waals surface area contributed by atoms with E-state index in [1.165, 1.54) is 0 Å². The first-order valence-electron chi connectivity index (χ1n) is 7.56. The van der Waals surface area contributed by atoms with E-state index in [9.17, 15) is 9.36 Å². The van der Waals surface area contributed by atoms with Crippen LogP contribution in [0, 0.1) is 11.8 Å². The molecule has 0 unspecified atom stereocenters. The number of hydrogen-bond donors (Lipinski definition) is 1. The van der Waals surface area contributed by atoms with E-state index in [2.05, 4.69) is 0 Å². The topological polar surface area (TPSA) is 87.9 Å². The lowest BCUT2D eigenvalue weighted by molar-refractivity contribution is -0.146. The highest BCUT2D eigenvalue weighted by Crippen LogP contribution is 2.56. The molecule has 0 fully saturated rings. The fourth-order valence-electron chi connectivity index (χ4n) is 2.51. The lowest BCUT2D eigenvalue weighted by Crippen LogP contribution is -2.46. The number of esters is 1. The largest absolute Gasteiger partial charge is 0.465 e. The van der Waals surface area contributed by atoms with Crippen LogP contribution in [0.5, 0.6) is 0 Å². The fourth-order valence-corrected chi connectivity index (χ4v) is 4.73. The van der Waals surface area contributed by atoms with Gasteiger partial charge >= 0.3 is 13.6 Å². The maximum atomic E-state index is 12.9. The van der Waals surface area contributed by atoms with Crippen LogP contribution < -0.4 is 5.73 Å². The van der Waals surface area contributed by atoms with Crippen LogP contribution in [0.3, 0.4) is 0 Å². The van der Waals surface area contributed by atoms with Crippen LogP contribution in [-0.4, -0.2) is 37.5 Å². The molecule has 0 aliphatic heterocycles. The van der Waals surface area contributed by atoms with Crippen molar-refractivity contribution in [2.75, 3.05) is 19.8 Å². The van der Waals surface area contributed by atoms with Crippen molar-refractivity contribution < 1.29 is 23.1 Å². The number of ether oxygens (including phenoxy) is 1. The molecule has 6 nitrogen and oxygen atoms in total. The minimum Gasteiger partial charge on any atom is -0.465 e. The van der Waals surface area contributed by atoms with Crippen LogP contribution >= 0.6 is 7.60 Å². The Hall–Kier alpha value is -0.420. The molecule has 2 N–H and O–H groups in total. The summed E-state index contributed by atoms with van der Waals surface area (Å²) in [5.74, 6) is -0.802. The van der Waals surface area contributed by atoms with Crippen molar-refractivity contribution in [3.8, 4) is 0 Å². The molecule has 0 aromatic heterocycles. The van der Waals surface area contributed by atoms with Crippen LogP contribution in [0.1, 0.15) is 41.5 Å². The Balaban J connectivity index is 5.34. The number of carbonyl (C=O) groups excluding carboxylic acids is 1. The third kappa shape index (κ3) is 5.70. The first-order chi connectivity index (χ1) is 9.75. The van der Waals surface area contributed by atoms with Crippen molar-refractivity contribution >= 4 is 13.6 Å². The van der Waals surface area contributed by atoms with Crippen molar-refractivity contribution in [2.24, 2.45) is 17.6 Å². The van der Waals surface area contributed by atoms with Crippen molar-refractivity contribution in [1.29, 1.82) is 0 Å². The molecule has 0 aliphatic carbocycles. The molecule has 0 aromatic rings. The SMILES string of the molecule is CCOC(=O)[C@@H](N)[C@@H](C(C)C)[C@@H](C)P(=O)(OCC)OCC. The third-order valence-electron chi connectivity index (χ3n) is 3.42. The van der Waals surface area contributed by atoms with Crippen LogP contribution in [0.15, 0.2) is 0 Å². The Morgan fingerprint density at radius 3 is 1.86 bits per heavy atom.